The zero-order chi connectivity index (χ0) is 35.2. The summed E-state index contributed by atoms with van der Waals surface area (Å²) in [5.74, 6) is -14.2. The molecule has 0 heterocycles. The van der Waals surface area contributed by atoms with Crippen LogP contribution in [0.2, 0.25) is 0 Å². The number of benzene rings is 5. The molecule has 5 rings (SSSR count). The maximum Gasteiger partial charge on any atom is 0.347 e. The van der Waals surface area contributed by atoms with Gasteiger partial charge in [0.05, 0.1) is 0 Å². The summed E-state index contributed by atoms with van der Waals surface area (Å²) in [6.45, 7) is 0. The Balaban J connectivity index is 1.55. The number of carboxylic acids is 4. The van der Waals surface area contributed by atoms with E-state index in [0.29, 0.717) is 12.1 Å². The second-order valence-electron chi connectivity index (χ2n) is 9.88. The highest BCUT2D eigenvalue weighted by atomic mass is 16.5. The van der Waals surface area contributed by atoms with Gasteiger partial charge < -0.3 is 50.3 Å². The molecular weight excluding hydrogens is 640 g/mol. The van der Waals surface area contributed by atoms with Crippen LogP contribution in [0.1, 0.15) is 62.1 Å². The maximum atomic E-state index is 13.2. The predicted octanol–water partition coefficient (Wildman–Crippen LogP) is 4.05. The van der Waals surface area contributed by atoms with Crippen molar-refractivity contribution in [3.63, 3.8) is 0 Å². The summed E-state index contributed by atoms with van der Waals surface area (Å²) in [4.78, 5) is 73.6. The topological polar surface area (TPSA) is 283 Å². The Morgan fingerprint density at radius 3 is 1.29 bits per heavy atom. The smallest absolute Gasteiger partial charge is 0.347 e. The van der Waals surface area contributed by atoms with Crippen molar-refractivity contribution >= 4 is 57.4 Å². The van der Waals surface area contributed by atoms with Crippen molar-refractivity contribution in [3.8, 4) is 34.5 Å². The second-order valence-corrected chi connectivity index (χ2v) is 9.88. The van der Waals surface area contributed by atoms with Crippen LogP contribution >= 0.6 is 0 Å². The minimum absolute atomic E-state index is 0.150. The van der Waals surface area contributed by atoms with Gasteiger partial charge in [-0.15, -0.1) is 0 Å². The Bertz CT molecular complexity index is 2280. The molecule has 0 aliphatic heterocycles. The lowest BCUT2D eigenvalue weighted by atomic mass is 9.98. The van der Waals surface area contributed by atoms with Crippen LogP contribution in [0.4, 0.5) is 0 Å². The lowest BCUT2D eigenvalue weighted by Crippen LogP contribution is -2.16. The third-order valence-corrected chi connectivity index (χ3v) is 7.12. The lowest BCUT2D eigenvalue weighted by Gasteiger charge is -2.15. The minimum atomic E-state index is -1.80. The number of esters is 2. The van der Waals surface area contributed by atoms with E-state index in [2.05, 4.69) is 0 Å². The van der Waals surface area contributed by atoms with E-state index in [4.69, 9.17) is 9.47 Å². The molecule has 0 fully saturated rings. The van der Waals surface area contributed by atoms with E-state index in [9.17, 15) is 69.6 Å². The van der Waals surface area contributed by atoms with Gasteiger partial charge in [-0.3, -0.25) is 0 Å². The summed E-state index contributed by atoms with van der Waals surface area (Å²) >= 11 is 0. The van der Waals surface area contributed by atoms with Crippen LogP contribution in [0.15, 0.2) is 60.7 Å². The first kappa shape index (κ1) is 32.0. The number of rotatable bonds is 8. The predicted molar refractivity (Wildman–Crippen MR) is 159 cm³/mol. The van der Waals surface area contributed by atoms with Gasteiger partial charge in [0, 0.05) is 33.7 Å². The van der Waals surface area contributed by atoms with Crippen LogP contribution < -0.4 is 9.47 Å². The van der Waals surface area contributed by atoms with Gasteiger partial charge in [-0.1, -0.05) is 0 Å². The van der Waals surface area contributed by atoms with Crippen molar-refractivity contribution in [3.05, 3.63) is 94.0 Å². The molecule has 0 aliphatic rings. The number of hydrogen-bond donors (Lipinski definition) is 8. The number of fused-ring (bicyclic) bond motifs is 2. The summed E-state index contributed by atoms with van der Waals surface area (Å²) in [5.41, 5.74) is -4.18. The quantitative estimate of drug-likeness (QED) is 0.0862. The summed E-state index contributed by atoms with van der Waals surface area (Å²) in [6.07, 6.45) is 0. The Labute approximate surface area is 265 Å². The fourth-order valence-corrected chi connectivity index (χ4v) is 4.90. The Morgan fingerprint density at radius 2 is 0.812 bits per heavy atom. The first-order chi connectivity index (χ1) is 22.6. The van der Waals surface area contributed by atoms with Gasteiger partial charge in [-0.25, -0.2) is 28.8 Å². The normalized spacial score (nSPS) is 10.8. The van der Waals surface area contributed by atoms with Crippen molar-refractivity contribution in [1.82, 2.24) is 0 Å². The number of aromatic hydroxyl groups is 4. The van der Waals surface area contributed by atoms with E-state index in [1.807, 2.05) is 0 Å². The van der Waals surface area contributed by atoms with E-state index in [1.54, 1.807) is 0 Å². The van der Waals surface area contributed by atoms with Gasteiger partial charge in [0.25, 0.3) is 0 Å². The van der Waals surface area contributed by atoms with Gasteiger partial charge >= 0.3 is 35.8 Å². The monoisotopic (exact) mass is 658 g/mol. The summed E-state index contributed by atoms with van der Waals surface area (Å²) in [5, 5.41) is 79.0. The van der Waals surface area contributed by atoms with Crippen molar-refractivity contribution in [2.45, 2.75) is 0 Å². The van der Waals surface area contributed by atoms with E-state index < -0.39 is 104 Å². The first-order valence-corrected chi connectivity index (χ1v) is 13.1. The van der Waals surface area contributed by atoms with Crippen LogP contribution in [0.3, 0.4) is 0 Å². The molecule has 48 heavy (non-hydrogen) atoms. The van der Waals surface area contributed by atoms with Crippen molar-refractivity contribution < 1.29 is 79.1 Å². The zero-order valence-corrected chi connectivity index (χ0v) is 23.6. The van der Waals surface area contributed by atoms with Crippen LogP contribution in [-0.4, -0.2) is 76.7 Å². The summed E-state index contributed by atoms with van der Waals surface area (Å²) in [6, 6.07) is 9.19. The number of ether oxygens (including phenoxy) is 2. The molecule has 0 spiro atoms. The van der Waals surface area contributed by atoms with Gasteiger partial charge in [0.15, 0.2) is 0 Å². The molecule has 0 saturated heterocycles. The Kier molecular flexibility index (Phi) is 7.92. The molecule has 0 radical (unpaired) electrons. The molecule has 0 unspecified atom stereocenters. The number of carbonyl (C=O) groups excluding carboxylic acids is 2. The molecule has 16 nitrogen and oxygen atoms in total. The molecule has 0 aromatic heterocycles. The van der Waals surface area contributed by atoms with Crippen LogP contribution in [0.25, 0.3) is 21.5 Å². The number of phenolic OH excluding ortho intramolecular Hbond substituents is 2. The second kappa shape index (κ2) is 11.9. The molecule has 5 aromatic carbocycles. The van der Waals surface area contributed by atoms with E-state index in [0.717, 1.165) is 48.5 Å². The molecule has 0 saturated carbocycles. The average Bonchev–Trinajstić information content (AvgIpc) is 3.01. The zero-order valence-electron chi connectivity index (χ0n) is 23.6. The number of phenols is 4. The van der Waals surface area contributed by atoms with Crippen molar-refractivity contribution in [2.24, 2.45) is 0 Å². The van der Waals surface area contributed by atoms with Crippen LogP contribution in [0, 0.1) is 0 Å². The number of carbonyl (C=O) groups is 6. The number of aromatic carboxylic acids is 4. The van der Waals surface area contributed by atoms with Crippen molar-refractivity contribution in [2.75, 3.05) is 0 Å². The van der Waals surface area contributed by atoms with Gasteiger partial charge in [0.1, 0.15) is 67.9 Å². The molecule has 0 aliphatic carbocycles. The van der Waals surface area contributed by atoms with Crippen LogP contribution in [0.5, 0.6) is 34.5 Å². The largest absolute Gasteiger partial charge is 0.507 e. The third kappa shape index (κ3) is 5.40. The molecule has 8 N–H and O–H groups in total. The summed E-state index contributed by atoms with van der Waals surface area (Å²) < 4.78 is 10.3. The van der Waals surface area contributed by atoms with E-state index in [-0.39, 0.29) is 21.5 Å². The molecule has 5 aromatic rings. The highest BCUT2D eigenvalue weighted by Crippen LogP contribution is 2.38. The van der Waals surface area contributed by atoms with Gasteiger partial charge in [-0.2, -0.15) is 0 Å². The molecule has 0 atom stereocenters. The highest BCUT2D eigenvalue weighted by Gasteiger charge is 2.28. The molecular formula is C32H18O16. The molecule has 16 heteroatoms. The number of carboxylic acid groups (broad SMARTS) is 4. The lowest BCUT2D eigenvalue weighted by molar-refractivity contribution is 0.0645. The fraction of sp³-hybridized carbons (Fsp3) is 0. The van der Waals surface area contributed by atoms with E-state index in [1.165, 1.54) is 0 Å². The summed E-state index contributed by atoms with van der Waals surface area (Å²) in [7, 11) is 0. The molecule has 242 valence electrons. The first-order valence-electron chi connectivity index (χ1n) is 13.1. The van der Waals surface area contributed by atoms with Crippen LogP contribution in [-0.2, 0) is 0 Å². The standard InChI is InChI=1S/C32H18O16/c33-19-7-6-12-11(23(19)30(43)44)5-8-20(34)24(12)32(46)48-22-10-17(28(39)40)21(9-18(22)29(41)42)47-31(45)16-4-2-13-14(26(16)36)1-3-15(25(13)35)27(37)38/h1-10,33-36H,(H,37,38)(H,39,40)(H,41,42)(H,43,44). The maximum absolute atomic E-state index is 13.2. The fourth-order valence-electron chi connectivity index (χ4n) is 4.90. The highest BCUT2D eigenvalue weighted by molar-refractivity contribution is 6.14. The van der Waals surface area contributed by atoms with Gasteiger partial charge in [-0.05, 0) is 48.5 Å². The van der Waals surface area contributed by atoms with E-state index >= 15 is 0 Å². The van der Waals surface area contributed by atoms with Crippen molar-refractivity contribution in [1.29, 1.82) is 0 Å². The third-order valence-electron chi connectivity index (χ3n) is 7.12. The molecule has 0 bridgehead atoms. The SMILES string of the molecule is O=C(O)c1cc(OC(=O)c2c(O)ccc3c(C(=O)O)c(O)ccc23)c(C(=O)O)cc1OC(=O)c1ccc2c(O)c(C(=O)O)ccc2c1O. The number of hydrogen-bond acceptors (Lipinski definition) is 12. The Morgan fingerprint density at radius 1 is 0.417 bits per heavy atom. The Hall–Kier alpha value is -7.36. The average molecular weight is 658 g/mol. The minimum Gasteiger partial charge on any atom is -0.507 e. The van der Waals surface area contributed by atoms with Gasteiger partial charge in [0.2, 0.25) is 0 Å². The molecule has 0 amide bonds.